The summed E-state index contributed by atoms with van der Waals surface area (Å²) in [5, 5.41) is 11.0. The zero-order valence-corrected chi connectivity index (χ0v) is 20.0. The van der Waals surface area contributed by atoms with Gasteiger partial charge >= 0.3 is 0 Å². The van der Waals surface area contributed by atoms with Crippen LogP contribution in [0.3, 0.4) is 0 Å². The molecular formula is C31H27N3O2. The lowest BCUT2D eigenvalue weighted by Crippen LogP contribution is -2.37. The molecule has 0 fully saturated rings. The SMILES string of the molecule is O=[N+]([O-])c1ccc(C=Nc2cc3c4c(c2)[C@@H](c2ccccc2)CCN4CC[C@@H]3c2ccccc2)cc1. The Kier molecular flexibility index (Phi) is 5.82. The number of aliphatic imine (C=N–C) groups is 1. The largest absolute Gasteiger partial charge is 0.371 e. The van der Waals surface area contributed by atoms with Crippen molar-refractivity contribution < 1.29 is 4.92 Å². The molecule has 0 bridgehead atoms. The second-order valence-corrected chi connectivity index (χ2v) is 9.57. The van der Waals surface area contributed by atoms with Gasteiger partial charge in [-0.15, -0.1) is 0 Å². The van der Waals surface area contributed by atoms with E-state index in [4.69, 9.17) is 4.99 Å². The fraction of sp³-hybridized carbons (Fsp3) is 0.194. The van der Waals surface area contributed by atoms with E-state index in [0.29, 0.717) is 11.8 Å². The van der Waals surface area contributed by atoms with Crippen LogP contribution in [0.1, 0.15) is 52.5 Å². The maximum atomic E-state index is 11.0. The van der Waals surface area contributed by atoms with Gasteiger partial charge in [-0.2, -0.15) is 0 Å². The summed E-state index contributed by atoms with van der Waals surface area (Å²) in [5.74, 6) is 0.667. The highest BCUT2D eigenvalue weighted by Gasteiger charge is 2.35. The third-order valence-electron chi connectivity index (χ3n) is 7.47. The Bertz CT molecular complexity index is 1340. The molecule has 0 saturated heterocycles. The second-order valence-electron chi connectivity index (χ2n) is 9.57. The Morgan fingerprint density at radius 3 is 1.81 bits per heavy atom. The summed E-state index contributed by atoms with van der Waals surface area (Å²) < 4.78 is 0. The predicted octanol–water partition coefficient (Wildman–Crippen LogP) is 7.22. The highest BCUT2D eigenvalue weighted by atomic mass is 16.6. The van der Waals surface area contributed by atoms with Gasteiger partial charge in [0.2, 0.25) is 0 Å². The molecule has 0 radical (unpaired) electrons. The van der Waals surface area contributed by atoms with E-state index in [9.17, 15) is 10.1 Å². The number of rotatable bonds is 5. The van der Waals surface area contributed by atoms with Crippen molar-refractivity contribution in [3.8, 4) is 0 Å². The van der Waals surface area contributed by atoms with Crippen LogP contribution in [0.5, 0.6) is 0 Å². The first-order valence-corrected chi connectivity index (χ1v) is 12.5. The number of nitro groups is 1. The average molecular weight is 474 g/mol. The van der Waals surface area contributed by atoms with Gasteiger partial charge in [0.1, 0.15) is 0 Å². The van der Waals surface area contributed by atoms with Crippen LogP contribution in [0.25, 0.3) is 0 Å². The lowest BCUT2D eigenvalue weighted by atomic mass is 9.76. The highest BCUT2D eigenvalue weighted by Crippen LogP contribution is 2.49. The maximum Gasteiger partial charge on any atom is 0.269 e. The van der Waals surface area contributed by atoms with Crippen LogP contribution in [-0.2, 0) is 0 Å². The monoisotopic (exact) mass is 473 g/mol. The fourth-order valence-electron chi connectivity index (χ4n) is 5.75. The first-order valence-electron chi connectivity index (χ1n) is 12.5. The number of non-ortho nitro benzene ring substituents is 1. The van der Waals surface area contributed by atoms with Crippen LogP contribution in [0, 0.1) is 10.1 Å². The first-order chi connectivity index (χ1) is 17.7. The highest BCUT2D eigenvalue weighted by molar-refractivity contribution is 5.83. The summed E-state index contributed by atoms with van der Waals surface area (Å²) in [7, 11) is 0. The standard InChI is InChI=1S/C31H27N3O2/c35-34(36)26-13-11-22(12-14-26)21-32-25-19-29-27(23-7-3-1-4-8-23)15-17-33-18-16-28(30(20-25)31(29)33)24-9-5-2-6-10-24/h1-14,19-21,27-28H,15-18H2/t27-,28-/m1/s1. The molecule has 0 saturated carbocycles. The molecule has 5 heteroatoms. The molecule has 0 N–H and O–H groups in total. The molecule has 2 aliphatic heterocycles. The Labute approximate surface area is 210 Å². The minimum absolute atomic E-state index is 0.0851. The van der Waals surface area contributed by atoms with E-state index >= 15 is 0 Å². The molecule has 0 spiro atoms. The molecule has 4 aromatic rings. The van der Waals surface area contributed by atoms with Crippen molar-refractivity contribution in [1.29, 1.82) is 0 Å². The molecule has 2 aliphatic rings. The third-order valence-corrected chi connectivity index (χ3v) is 7.47. The van der Waals surface area contributed by atoms with E-state index < -0.39 is 0 Å². The fourth-order valence-corrected chi connectivity index (χ4v) is 5.75. The predicted molar refractivity (Wildman–Crippen MR) is 145 cm³/mol. The van der Waals surface area contributed by atoms with Gasteiger partial charge in [-0.05, 0) is 64.9 Å². The van der Waals surface area contributed by atoms with Gasteiger partial charge in [-0.1, -0.05) is 60.7 Å². The smallest absolute Gasteiger partial charge is 0.269 e. The van der Waals surface area contributed by atoms with E-state index in [0.717, 1.165) is 37.2 Å². The van der Waals surface area contributed by atoms with Crippen LogP contribution >= 0.6 is 0 Å². The van der Waals surface area contributed by atoms with E-state index in [1.54, 1.807) is 18.3 Å². The molecule has 2 heterocycles. The van der Waals surface area contributed by atoms with Crippen LogP contribution in [0.2, 0.25) is 0 Å². The van der Waals surface area contributed by atoms with Crippen molar-refractivity contribution in [3.63, 3.8) is 0 Å². The number of nitrogens with zero attached hydrogens (tertiary/aromatic N) is 3. The van der Waals surface area contributed by atoms with Gasteiger partial charge in [0.05, 0.1) is 10.6 Å². The summed E-state index contributed by atoms with van der Waals surface area (Å²) in [4.78, 5) is 18.0. The van der Waals surface area contributed by atoms with E-state index in [-0.39, 0.29) is 10.6 Å². The first kappa shape index (κ1) is 22.2. The summed E-state index contributed by atoms with van der Waals surface area (Å²) >= 11 is 0. The van der Waals surface area contributed by atoms with Crippen molar-refractivity contribution in [2.45, 2.75) is 24.7 Å². The van der Waals surface area contributed by atoms with E-state index in [2.05, 4.69) is 77.7 Å². The van der Waals surface area contributed by atoms with Crippen LogP contribution < -0.4 is 4.90 Å². The van der Waals surface area contributed by atoms with E-state index in [1.807, 2.05) is 0 Å². The van der Waals surface area contributed by atoms with Crippen LogP contribution in [0.4, 0.5) is 17.1 Å². The number of hydrogen-bond donors (Lipinski definition) is 0. The van der Waals surface area contributed by atoms with Crippen molar-refractivity contribution in [1.82, 2.24) is 0 Å². The summed E-state index contributed by atoms with van der Waals surface area (Å²) in [6.45, 7) is 2.12. The quantitative estimate of drug-likeness (QED) is 0.175. The summed E-state index contributed by atoms with van der Waals surface area (Å²) in [5.41, 5.74) is 8.62. The van der Waals surface area contributed by atoms with Crippen molar-refractivity contribution in [2.24, 2.45) is 4.99 Å². The molecule has 36 heavy (non-hydrogen) atoms. The van der Waals surface area contributed by atoms with Crippen molar-refractivity contribution >= 4 is 23.3 Å². The molecule has 178 valence electrons. The Hall–Kier alpha value is -4.25. The van der Waals surface area contributed by atoms with Gasteiger partial charge in [0.25, 0.3) is 5.69 Å². The molecule has 0 amide bonds. The molecule has 5 nitrogen and oxygen atoms in total. The summed E-state index contributed by atoms with van der Waals surface area (Å²) in [6, 6.07) is 32.6. The molecule has 6 rings (SSSR count). The number of benzene rings is 4. The Morgan fingerprint density at radius 1 is 0.778 bits per heavy atom. The molecule has 0 aromatic heterocycles. The summed E-state index contributed by atoms with van der Waals surface area (Å²) in [6.07, 6.45) is 3.97. The molecule has 2 atom stereocenters. The van der Waals surface area contributed by atoms with Crippen molar-refractivity contribution in [2.75, 3.05) is 18.0 Å². The van der Waals surface area contributed by atoms with Crippen LogP contribution in [-0.4, -0.2) is 24.2 Å². The zero-order chi connectivity index (χ0) is 24.5. The number of anilines is 1. The normalized spacial score (nSPS) is 18.7. The lowest BCUT2D eigenvalue weighted by molar-refractivity contribution is -0.384. The molecular weight excluding hydrogens is 446 g/mol. The van der Waals surface area contributed by atoms with Crippen LogP contribution in [0.15, 0.2) is 102 Å². The van der Waals surface area contributed by atoms with Gasteiger partial charge in [-0.25, -0.2) is 0 Å². The zero-order valence-electron chi connectivity index (χ0n) is 20.0. The Morgan fingerprint density at radius 2 is 1.31 bits per heavy atom. The number of hydrogen-bond acceptors (Lipinski definition) is 4. The third kappa shape index (κ3) is 4.17. The average Bonchev–Trinajstić information content (AvgIpc) is 2.93. The molecule has 0 aliphatic carbocycles. The number of nitro benzene ring substituents is 1. The minimum Gasteiger partial charge on any atom is -0.371 e. The topological polar surface area (TPSA) is 58.7 Å². The minimum atomic E-state index is -0.381. The van der Waals surface area contributed by atoms with Crippen molar-refractivity contribution in [3.05, 3.63) is 135 Å². The van der Waals surface area contributed by atoms with Gasteiger partial charge < -0.3 is 4.90 Å². The van der Waals surface area contributed by atoms with Gasteiger partial charge in [-0.3, -0.25) is 15.1 Å². The lowest BCUT2D eigenvalue weighted by Gasteiger charge is -2.43. The van der Waals surface area contributed by atoms with Gasteiger partial charge in [0.15, 0.2) is 0 Å². The Balaban J connectivity index is 1.46. The maximum absolute atomic E-state index is 11.0. The molecule has 0 unspecified atom stereocenters. The van der Waals surface area contributed by atoms with Gasteiger partial charge in [0, 0.05) is 49.0 Å². The molecule has 4 aromatic carbocycles. The van der Waals surface area contributed by atoms with E-state index in [1.165, 1.54) is 40.1 Å². The second kappa shape index (κ2) is 9.42.